The number of para-hydroxylation sites is 1. The molecule has 2 aromatic heterocycles. The molecule has 0 saturated heterocycles. The largest absolute Gasteiger partial charge is 0.493 e. The second kappa shape index (κ2) is 8.57. The molecule has 0 saturated carbocycles. The molecule has 0 spiro atoms. The smallest absolute Gasteiger partial charge is 0.260 e. The summed E-state index contributed by atoms with van der Waals surface area (Å²) in [6.45, 7) is 1.71. The number of halogens is 1. The molecule has 0 atom stereocenters. The van der Waals surface area contributed by atoms with E-state index in [1.54, 1.807) is 45.4 Å². The van der Waals surface area contributed by atoms with E-state index in [-0.39, 0.29) is 11.6 Å². The minimum absolute atomic E-state index is 0.282. The zero-order valence-corrected chi connectivity index (χ0v) is 17.9. The molecule has 2 heterocycles. The third-order valence-electron chi connectivity index (χ3n) is 4.74. The van der Waals surface area contributed by atoms with Gasteiger partial charge >= 0.3 is 0 Å². The zero-order chi connectivity index (χ0) is 22.0. The van der Waals surface area contributed by atoms with Gasteiger partial charge in [-0.15, -0.1) is 11.3 Å². The molecule has 2 aromatic carbocycles. The normalized spacial score (nSPS) is 10.7. The monoisotopic (exact) mass is 438 g/mol. The third kappa shape index (κ3) is 3.99. The summed E-state index contributed by atoms with van der Waals surface area (Å²) in [5, 5.41) is 9.23. The van der Waals surface area contributed by atoms with E-state index >= 15 is 0 Å². The number of ether oxygens (including phenoxy) is 2. The van der Waals surface area contributed by atoms with Crippen molar-refractivity contribution in [2.45, 2.75) is 6.92 Å². The molecule has 4 aromatic rings. The fraction of sp³-hybridized carbons (Fsp3) is 0.136. The summed E-state index contributed by atoms with van der Waals surface area (Å²) in [4.78, 5) is 17.3. The standard InChI is InChI=1S/C22H19FN4O3S/c1-13-15(11-24-27(13)18-7-5-4-6-16(18)23)21(28)26-22-25-17(12-31-22)14-8-9-19(29-2)20(10-14)30-3/h4-12H,1-3H3,(H,25,26,28). The van der Waals surface area contributed by atoms with Crippen molar-refractivity contribution in [3.8, 4) is 28.4 Å². The molecular formula is C22H19FN4O3S. The SMILES string of the molecule is COc1ccc(-c2csc(NC(=O)c3cnn(-c4ccccc4F)c3C)n2)cc1OC. The van der Waals surface area contributed by atoms with Gasteiger partial charge in [-0.2, -0.15) is 5.10 Å². The molecule has 1 N–H and O–H groups in total. The Hall–Kier alpha value is -3.72. The third-order valence-corrected chi connectivity index (χ3v) is 5.50. The number of hydrogen-bond acceptors (Lipinski definition) is 6. The van der Waals surface area contributed by atoms with Gasteiger partial charge < -0.3 is 9.47 Å². The van der Waals surface area contributed by atoms with E-state index in [0.29, 0.717) is 33.6 Å². The number of carbonyl (C=O) groups excluding carboxylic acids is 1. The van der Waals surface area contributed by atoms with Crippen LogP contribution in [-0.4, -0.2) is 34.9 Å². The average molecular weight is 438 g/mol. The van der Waals surface area contributed by atoms with Crippen LogP contribution >= 0.6 is 11.3 Å². The maximum atomic E-state index is 14.1. The highest BCUT2D eigenvalue weighted by molar-refractivity contribution is 7.14. The zero-order valence-electron chi connectivity index (χ0n) is 17.0. The number of thiazole rings is 1. The second-order valence-electron chi connectivity index (χ2n) is 6.57. The lowest BCUT2D eigenvalue weighted by atomic mass is 10.1. The Kier molecular flexibility index (Phi) is 5.68. The topological polar surface area (TPSA) is 78.3 Å². The molecular weight excluding hydrogens is 419 g/mol. The minimum Gasteiger partial charge on any atom is -0.493 e. The summed E-state index contributed by atoms with van der Waals surface area (Å²) in [6.07, 6.45) is 1.42. The summed E-state index contributed by atoms with van der Waals surface area (Å²) in [5.74, 6) is 0.431. The Morgan fingerprint density at radius 1 is 1.13 bits per heavy atom. The van der Waals surface area contributed by atoms with E-state index in [9.17, 15) is 9.18 Å². The number of aromatic nitrogens is 3. The summed E-state index contributed by atoms with van der Waals surface area (Å²) in [7, 11) is 3.14. The summed E-state index contributed by atoms with van der Waals surface area (Å²) >= 11 is 1.30. The van der Waals surface area contributed by atoms with Crippen molar-refractivity contribution >= 4 is 22.4 Å². The molecule has 0 aliphatic carbocycles. The quantitative estimate of drug-likeness (QED) is 0.472. The van der Waals surface area contributed by atoms with Crippen molar-refractivity contribution in [2.75, 3.05) is 19.5 Å². The van der Waals surface area contributed by atoms with E-state index in [0.717, 1.165) is 5.56 Å². The van der Waals surface area contributed by atoms with Gasteiger partial charge in [0.05, 0.1) is 37.4 Å². The van der Waals surface area contributed by atoms with Crippen molar-refractivity contribution < 1.29 is 18.7 Å². The molecule has 0 radical (unpaired) electrons. The lowest BCUT2D eigenvalue weighted by Crippen LogP contribution is -2.13. The van der Waals surface area contributed by atoms with Crippen LogP contribution in [0.1, 0.15) is 16.1 Å². The molecule has 0 aliphatic rings. The lowest BCUT2D eigenvalue weighted by Gasteiger charge is -2.08. The molecule has 4 rings (SSSR count). The molecule has 1 amide bonds. The maximum absolute atomic E-state index is 14.1. The van der Waals surface area contributed by atoms with Gasteiger partial charge in [0.1, 0.15) is 11.5 Å². The molecule has 0 aliphatic heterocycles. The van der Waals surface area contributed by atoms with E-state index in [2.05, 4.69) is 15.4 Å². The summed E-state index contributed by atoms with van der Waals surface area (Å²) in [5.41, 5.74) is 2.67. The molecule has 158 valence electrons. The highest BCUT2D eigenvalue weighted by atomic mass is 32.1. The summed E-state index contributed by atoms with van der Waals surface area (Å²) in [6, 6.07) is 11.8. The maximum Gasteiger partial charge on any atom is 0.260 e. The molecule has 31 heavy (non-hydrogen) atoms. The molecule has 7 nitrogen and oxygen atoms in total. The minimum atomic E-state index is -0.417. The van der Waals surface area contributed by atoms with Gasteiger partial charge in [-0.25, -0.2) is 14.1 Å². The Morgan fingerprint density at radius 2 is 1.90 bits per heavy atom. The number of amides is 1. The second-order valence-corrected chi connectivity index (χ2v) is 7.43. The van der Waals surface area contributed by atoms with Crippen LogP contribution in [0.3, 0.4) is 0 Å². The number of carbonyl (C=O) groups is 1. The number of nitrogens with one attached hydrogen (secondary N) is 1. The van der Waals surface area contributed by atoms with Crippen LogP contribution < -0.4 is 14.8 Å². The summed E-state index contributed by atoms with van der Waals surface area (Å²) < 4.78 is 26.1. The van der Waals surface area contributed by atoms with Gasteiger partial charge in [0.2, 0.25) is 0 Å². The van der Waals surface area contributed by atoms with Crippen molar-refractivity contribution in [1.82, 2.24) is 14.8 Å². The van der Waals surface area contributed by atoms with Crippen molar-refractivity contribution in [3.63, 3.8) is 0 Å². The fourth-order valence-electron chi connectivity index (χ4n) is 3.12. The van der Waals surface area contributed by atoms with Crippen LogP contribution in [0, 0.1) is 12.7 Å². The van der Waals surface area contributed by atoms with E-state index in [4.69, 9.17) is 9.47 Å². The van der Waals surface area contributed by atoms with Crippen molar-refractivity contribution in [1.29, 1.82) is 0 Å². The van der Waals surface area contributed by atoms with Gasteiger partial charge in [-0.3, -0.25) is 10.1 Å². The first-order chi connectivity index (χ1) is 15.0. The predicted octanol–water partition coefficient (Wildman–Crippen LogP) is 4.71. The van der Waals surface area contributed by atoms with E-state index in [1.807, 2.05) is 17.5 Å². The van der Waals surface area contributed by atoms with Crippen LogP contribution in [0.15, 0.2) is 54.0 Å². The first-order valence-electron chi connectivity index (χ1n) is 9.30. The highest BCUT2D eigenvalue weighted by Gasteiger charge is 2.18. The highest BCUT2D eigenvalue weighted by Crippen LogP contribution is 2.33. The number of benzene rings is 2. The first-order valence-corrected chi connectivity index (χ1v) is 10.2. The Bertz CT molecular complexity index is 1250. The fourth-order valence-corrected chi connectivity index (χ4v) is 3.84. The predicted molar refractivity (Wildman–Crippen MR) is 117 cm³/mol. The number of rotatable bonds is 6. The molecule has 0 fully saturated rings. The Morgan fingerprint density at radius 3 is 2.65 bits per heavy atom. The molecule has 9 heteroatoms. The Balaban J connectivity index is 1.55. The van der Waals surface area contributed by atoms with Gasteiger partial charge in [0, 0.05) is 10.9 Å². The van der Waals surface area contributed by atoms with Gasteiger partial charge in [-0.05, 0) is 37.3 Å². The number of methoxy groups -OCH3 is 2. The number of anilines is 1. The average Bonchev–Trinajstić information content (AvgIpc) is 3.40. The van der Waals surface area contributed by atoms with Crippen LogP contribution in [0.2, 0.25) is 0 Å². The van der Waals surface area contributed by atoms with E-state index < -0.39 is 5.82 Å². The van der Waals surface area contributed by atoms with Crippen LogP contribution in [0.5, 0.6) is 11.5 Å². The van der Waals surface area contributed by atoms with Crippen molar-refractivity contribution in [3.05, 3.63) is 71.1 Å². The van der Waals surface area contributed by atoms with Crippen molar-refractivity contribution in [2.24, 2.45) is 0 Å². The number of nitrogens with zero attached hydrogens (tertiary/aromatic N) is 3. The van der Waals surface area contributed by atoms with Gasteiger partial charge in [0.15, 0.2) is 16.6 Å². The molecule has 0 unspecified atom stereocenters. The van der Waals surface area contributed by atoms with Gasteiger partial charge in [0.25, 0.3) is 5.91 Å². The van der Waals surface area contributed by atoms with Crippen LogP contribution in [0.4, 0.5) is 9.52 Å². The van der Waals surface area contributed by atoms with Crippen LogP contribution in [-0.2, 0) is 0 Å². The van der Waals surface area contributed by atoms with Gasteiger partial charge in [-0.1, -0.05) is 12.1 Å². The first kappa shape index (κ1) is 20.5. The number of hydrogen-bond donors (Lipinski definition) is 1. The van der Waals surface area contributed by atoms with E-state index in [1.165, 1.54) is 28.3 Å². The Labute approximate surface area is 182 Å². The molecule has 0 bridgehead atoms. The van der Waals surface area contributed by atoms with Crippen LogP contribution in [0.25, 0.3) is 16.9 Å². The lowest BCUT2D eigenvalue weighted by molar-refractivity contribution is 0.102.